The fraction of sp³-hybridized carbons (Fsp3) is 0.167. The van der Waals surface area contributed by atoms with E-state index in [2.05, 4.69) is 16.4 Å². The van der Waals surface area contributed by atoms with Crippen molar-refractivity contribution >= 4 is 22.2 Å². The molecule has 6 heteroatoms. The zero-order valence-corrected chi connectivity index (χ0v) is 14.1. The van der Waals surface area contributed by atoms with Crippen molar-refractivity contribution in [3.8, 4) is 28.5 Å². The molecule has 0 saturated carbocycles. The van der Waals surface area contributed by atoms with Crippen LogP contribution in [0.15, 0.2) is 41.8 Å². The van der Waals surface area contributed by atoms with Crippen LogP contribution in [0.3, 0.4) is 0 Å². The molecule has 0 amide bonds. The van der Waals surface area contributed by atoms with Crippen molar-refractivity contribution in [1.29, 1.82) is 0 Å². The zero-order chi connectivity index (χ0) is 16.5. The second-order valence-corrected chi connectivity index (χ2v) is 6.27. The summed E-state index contributed by atoms with van der Waals surface area (Å²) in [6, 6.07) is 11.8. The number of aryl methyl sites for hydroxylation is 1. The van der Waals surface area contributed by atoms with Crippen molar-refractivity contribution in [3.05, 3.63) is 47.3 Å². The Morgan fingerprint density at radius 3 is 2.83 bits per heavy atom. The monoisotopic (exact) mass is 340 g/mol. The highest BCUT2D eigenvalue weighted by molar-refractivity contribution is 7.14. The number of rotatable bonds is 4. The maximum absolute atomic E-state index is 5.40. The number of benzene rings is 2. The van der Waals surface area contributed by atoms with Gasteiger partial charge in [0.05, 0.1) is 12.8 Å². The molecule has 1 aliphatic heterocycles. The van der Waals surface area contributed by atoms with Gasteiger partial charge in [0.2, 0.25) is 6.79 Å². The molecule has 0 atom stereocenters. The molecule has 1 aliphatic rings. The summed E-state index contributed by atoms with van der Waals surface area (Å²) in [5.74, 6) is 2.41. The van der Waals surface area contributed by atoms with Crippen LogP contribution in [0, 0.1) is 6.92 Å². The molecule has 24 heavy (non-hydrogen) atoms. The van der Waals surface area contributed by atoms with Crippen molar-refractivity contribution in [2.45, 2.75) is 6.92 Å². The average molecular weight is 340 g/mol. The highest BCUT2D eigenvalue weighted by Crippen LogP contribution is 2.36. The van der Waals surface area contributed by atoms with Gasteiger partial charge in [-0.05, 0) is 42.8 Å². The molecule has 0 bridgehead atoms. The average Bonchev–Trinajstić information content (AvgIpc) is 3.23. The van der Waals surface area contributed by atoms with Crippen molar-refractivity contribution < 1.29 is 14.2 Å². The van der Waals surface area contributed by atoms with Crippen molar-refractivity contribution in [2.75, 3.05) is 19.2 Å². The number of thiazole rings is 1. The summed E-state index contributed by atoms with van der Waals surface area (Å²) in [7, 11) is 1.68. The van der Waals surface area contributed by atoms with E-state index in [1.54, 1.807) is 18.4 Å². The Morgan fingerprint density at radius 2 is 2.00 bits per heavy atom. The van der Waals surface area contributed by atoms with E-state index in [1.807, 2.05) is 42.6 Å². The first-order valence-electron chi connectivity index (χ1n) is 7.50. The number of nitrogens with one attached hydrogen (secondary N) is 1. The van der Waals surface area contributed by atoms with Gasteiger partial charge in [-0.3, -0.25) is 0 Å². The third kappa shape index (κ3) is 2.76. The van der Waals surface area contributed by atoms with Gasteiger partial charge in [-0.25, -0.2) is 4.98 Å². The van der Waals surface area contributed by atoms with Gasteiger partial charge in [-0.15, -0.1) is 11.3 Å². The molecule has 122 valence electrons. The van der Waals surface area contributed by atoms with E-state index < -0.39 is 0 Å². The van der Waals surface area contributed by atoms with Crippen molar-refractivity contribution in [2.24, 2.45) is 0 Å². The van der Waals surface area contributed by atoms with Crippen LogP contribution in [0.25, 0.3) is 11.3 Å². The summed E-state index contributed by atoms with van der Waals surface area (Å²) in [6.45, 7) is 2.30. The fourth-order valence-electron chi connectivity index (χ4n) is 2.60. The second-order valence-electron chi connectivity index (χ2n) is 5.42. The predicted molar refractivity (Wildman–Crippen MR) is 94.7 cm³/mol. The number of hydrogen-bond donors (Lipinski definition) is 1. The molecule has 5 nitrogen and oxygen atoms in total. The molecule has 4 rings (SSSR count). The van der Waals surface area contributed by atoms with Gasteiger partial charge in [0.25, 0.3) is 0 Å². The molecule has 2 aromatic carbocycles. The van der Waals surface area contributed by atoms with E-state index in [4.69, 9.17) is 14.2 Å². The fourth-order valence-corrected chi connectivity index (χ4v) is 3.34. The Hall–Kier alpha value is -2.73. The number of ether oxygens (including phenoxy) is 3. The predicted octanol–water partition coefficient (Wildman–Crippen LogP) is 4.60. The summed E-state index contributed by atoms with van der Waals surface area (Å²) in [4.78, 5) is 4.66. The Kier molecular flexibility index (Phi) is 3.74. The van der Waals surface area contributed by atoms with E-state index in [9.17, 15) is 0 Å². The first kappa shape index (κ1) is 14.8. The molecular formula is C18H16N2O3S. The number of anilines is 2. The Morgan fingerprint density at radius 1 is 1.12 bits per heavy atom. The lowest BCUT2D eigenvalue weighted by Gasteiger charge is -2.06. The van der Waals surface area contributed by atoms with Crippen LogP contribution in [0.1, 0.15) is 5.56 Å². The minimum Gasteiger partial charge on any atom is -0.496 e. The highest BCUT2D eigenvalue weighted by atomic mass is 32.1. The normalized spacial score (nSPS) is 12.2. The first-order chi connectivity index (χ1) is 11.7. The van der Waals surface area contributed by atoms with Crippen LogP contribution in [0.4, 0.5) is 10.8 Å². The molecule has 3 aromatic rings. The van der Waals surface area contributed by atoms with Crippen LogP contribution >= 0.6 is 11.3 Å². The summed E-state index contributed by atoms with van der Waals surface area (Å²) in [5.41, 5.74) is 4.02. The van der Waals surface area contributed by atoms with Gasteiger partial charge in [-0.2, -0.15) is 0 Å². The first-order valence-corrected chi connectivity index (χ1v) is 8.38. The molecule has 2 heterocycles. The molecule has 1 N–H and O–H groups in total. The van der Waals surface area contributed by atoms with E-state index in [0.29, 0.717) is 0 Å². The van der Waals surface area contributed by atoms with Crippen LogP contribution in [0.2, 0.25) is 0 Å². The SMILES string of the molecule is COc1ccc(-c2csc(Nc3ccc4c(c3)OCO4)n2)cc1C. The lowest BCUT2D eigenvalue weighted by atomic mass is 10.1. The zero-order valence-electron chi connectivity index (χ0n) is 13.3. The lowest BCUT2D eigenvalue weighted by Crippen LogP contribution is -1.93. The molecule has 0 spiro atoms. The number of aromatic nitrogens is 1. The Labute approximate surface area is 143 Å². The maximum Gasteiger partial charge on any atom is 0.231 e. The highest BCUT2D eigenvalue weighted by Gasteiger charge is 2.14. The second kappa shape index (κ2) is 6.05. The van der Waals surface area contributed by atoms with Crippen molar-refractivity contribution in [1.82, 2.24) is 4.98 Å². The molecular weight excluding hydrogens is 324 g/mol. The van der Waals surface area contributed by atoms with Crippen LogP contribution < -0.4 is 19.5 Å². The third-order valence-electron chi connectivity index (χ3n) is 3.82. The van der Waals surface area contributed by atoms with E-state index in [1.165, 1.54) is 0 Å². The van der Waals surface area contributed by atoms with E-state index in [0.717, 1.165) is 44.9 Å². The molecule has 0 radical (unpaired) electrons. The van der Waals surface area contributed by atoms with Crippen molar-refractivity contribution in [3.63, 3.8) is 0 Å². The maximum atomic E-state index is 5.40. The number of hydrogen-bond acceptors (Lipinski definition) is 6. The Balaban J connectivity index is 1.55. The van der Waals surface area contributed by atoms with Gasteiger partial charge < -0.3 is 19.5 Å². The van der Waals surface area contributed by atoms with E-state index >= 15 is 0 Å². The minimum absolute atomic E-state index is 0.275. The van der Waals surface area contributed by atoms with Gasteiger partial charge in [0.15, 0.2) is 16.6 Å². The molecule has 0 saturated heterocycles. The van der Waals surface area contributed by atoms with Gasteiger partial charge in [-0.1, -0.05) is 0 Å². The summed E-state index contributed by atoms with van der Waals surface area (Å²) in [6.07, 6.45) is 0. The Bertz CT molecular complexity index is 892. The minimum atomic E-state index is 0.275. The molecule has 0 unspecified atom stereocenters. The summed E-state index contributed by atoms with van der Waals surface area (Å²) < 4.78 is 16.0. The van der Waals surface area contributed by atoms with E-state index in [-0.39, 0.29) is 6.79 Å². The van der Waals surface area contributed by atoms with Crippen LogP contribution in [-0.4, -0.2) is 18.9 Å². The largest absolute Gasteiger partial charge is 0.496 e. The lowest BCUT2D eigenvalue weighted by molar-refractivity contribution is 0.174. The number of methoxy groups -OCH3 is 1. The summed E-state index contributed by atoms with van der Waals surface area (Å²) in [5, 5.41) is 6.18. The van der Waals surface area contributed by atoms with Crippen LogP contribution in [-0.2, 0) is 0 Å². The third-order valence-corrected chi connectivity index (χ3v) is 4.58. The quantitative estimate of drug-likeness (QED) is 0.752. The topological polar surface area (TPSA) is 52.6 Å². The van der Waals surface area contributed by atoms with Crippen LogP contribution in [0.5, 0.6) is 17.2 Å². The standard InChI is InChI=1S/C18H16N2O3S/c1-11-7-12(3-5-15(11)21-2)14-9-24-18(20-14)19-13-4-6-16-17(8-13)23-10-22-16/h3-9H,10H2,1-2H3,(H,19,20). The van der Waals surface area contributed by atoms with Gasteiger partial charge in [0.1, 0.15) is 5.75 Å². The summed E-state index contributed by atoms with van der Waals surface area (Å²) >= 11 is 1.56. The molecule has 1 aromatic heterocycles. The van der Waals surface area contributed by atoms with Gasteiger partial charge >= 0.3 is 0 Å². The molecule has 0 fully saturated rings. The molecule has 0 aliphatic carbocycles. The number of fused-ring (bicyclic) bond motifs is 1. The smallest absolute Gasteiger partial charge is 0.231 e. The number of nitrogens with zero attached hydrogens (tertiary/aromatic N) is 1. The van der Waals surface area contributed by atoms with Gasteiger partial charge in [0, 0.05) is 22.7 Å².